The van der Waals surface area contributed by atoms with Gasteiger partial charge in [-0.15, -0.1) is 0 Å². The molecule has 0 amide bonds. The molecule has 0 unspecified atom stereocenters. The lowest BCUT2D eigenvalue weighted by molar-refractivity contribution is 0.243. The highest BCUT2D eigenvalue weighted by Gasteiger charge is 2.41. The van der Waals surface area contributed by atoms with Crippen LogP contribution in [-0.4, -0.2) is 48.4 Å². The molecule has 1 fully saturated rings. The molecule has 3 heterocycles. The SMILES string of the molecule is CS(=O)(=O)NCC1=CN=C(c2cnc(NCC3(c4ncccc4F)CCC3)nc2)C1. The summed E-state index contributed by atoms with van der Waals surface area (Å²) in [6.07, 6.45) is 11.1. The van der Waals surface area contributed by atoms with Crippen molar-refractivity contribution in [2.24, 2.45) is 4.99 Å². The second-order valence-corrected chi connectivity index (χ2v) is 9.58. The predicted molar refractivity (Wildman–Crippen MR) is 112 cm³/mol. The summed E-state index contributed by atoms with van der Waals surface area (Å²) in [5.74, 6) is 0.190. The molecule has 0 bridgehead atoms. The van der Waals surface area contributed by atoms with Gasteiger partial charge < -0.3 is 5.32 Å². The molecule has 2 aromatic rings. The van der Waals surface area contributed by atoms with Crippen LogP contribution in [0.3, 0.4) is 0 Å². The van der Waals surface area contributed by atoms with Gasteiger partial charge in [0, 0.05) is 55.3 Å². The summed E-state index contributed by atoms with van der Waals surface area (Å²) in [5, 5.41) is 3.22. The fourth-order valence-electron chi connectivity index (χ4n) is 3.68. The van der Waals surface area contributed by atoms with E-state index in [-0.39, 0.29) is 17.8 Å². The van der Waals surface area contributed by atoms with Crippen molar-refractivity contribution in [3.8, 4) is 0 Å². The summed E-state index contributed by atoms with van der Waals surface area (Å²) in [7, 11) is -3.24. The van der Waals surface area contributed by atoms with Crippen LogP contribution < -0.4 is 10.0 Å². The zero-order valence-corrected chi connectivity index (χ0v) is 17.4. The Morgan fingerprint density at radius 3 is 2.60 bits per heavy atom. The van der Waals surface area contributed by atoms with E-state index in [9.17, 15) is 12.8 Å². The van der Waals surface area contributed by atoms with Gasteiger partial charge in [0.2, 0.25) is 16.0 Å². The van der Waals surface area contributed by atoms with Crippen molar-refractivity contribution < 1.29 is 12.8 Å². The van der Waals surface area contributed by atoms with Gasteiger partial charge in [-0.05, 0) is 30.5 Å². The molecule has 2 aliphatic rings. The lowest BCUT2D eigenvalue weighted by Gasteiger charge is -2.41. The van der Waals surface area contributed by atoms with Crippen LogP contribution in [0, 0.1) is 5.82 Å². The smallest absolute Gasteiger partial charge is 0.222 e. The topological polar surface area (TPSA) is 109 Å². The average Bonchev–Trinajstić information content (AvgIpc) is 3.16. The van der Waals surface area contributed by atoms with E-state index >= 15 is 0 Å². The largest absolute Gasteiger partial charge is 0.353 e. The van der Waals surface area contributed by atoms with Crippen LogP contribution in [0.5, 0.6) is 0 Å². The lowest BCUT2D eigenvalue weighted by atomic mass is 9.66. The summed E-state index contributed by atoms with van der Waals surface area (Å²) in [4.78, 5) is 17.3. The monoisotopic (exact) mass is 430 g/mol. The van der Waals surface area contributed by atoms with Gasteiger partial charge >= 0.3 is 0 Å². The first-order chi connectivity index (χ1) is 14.3. The summed E-state index contributed by atoms with van der Waals surface area (Å²) in [6.45, 7) is 0.753. The second-order valence-electron chi connectivity index (χ2n) is 7.75. The van der Waals surface area contributed by atoms with E-state index in [4.69, 9.17) is 0 Å². The molecule has 1 aliphatic carbocycles. The second kappa shape index (κ2) is 8.19. The van der Waals surface area contributed by atoms with Gasteiger partial charge in [0.1, 0.15) is 5.82 Å². The molecule has 10 heteroatoms. The minimum absolute atomic E-state index is 0.235. The first kappa shape index (κ1) is 20.5. The predicted octanol–water partition coefficient (Wildman–Crippen LogP) is 2.17. The van der Waals surface area contributed by atoms with Crippen molar-refractivity contribution in [2.45, 2.75) is 31.1 Å². The van der Waals surface area contributed by atoms with Gasteiger partial charge in [-0.25, -0.2) is 27.5 Å². The van der Waals surface area contributed by atoms with Crippen LogP contribution >= 0.6 is 0 Å². The van der Waals surface area contributed by atoms with Gasteiger partial charge in [0.05, 0.1) is 17.7 Å². The number of hydrogen-bond donors (Lipinski definition) is 2. The van der Waals surface area contributed by atoms with Gasteiger partial charge in [-0.3, -0.25) is 9.98 Å². The summed E-state index contributed by atoms with van der Waals surface area (Å²) in [5.41, 5.74) is 2.62. The molecule has 0 aromatic carbocycles. The Balaban J connectivity index is 1.35. The number of hydrogen-bond acceptors (Lipinski definition) is 7. The van der Waals surface area contributed by atoms with E-state index in [0.29, 0.717) is 24.6 Å². The highest BCUT2D eigenvalue weighted by atomic mass is 32.2. The fourth-order valence-corrected chi connectivity index (χ4v) is 4.13. The van der Waals surface area contributed by atoms with Gasteiger partial charge in [0.15, 0.2) is 0 Å². The minimum atomic E-state index is -3.24. The molecule has 30 heavy (non-hydrogen) atoms. The normalized spacial score (nSPS) is 17.8. The zero-order valence-electron chi connectivity index (χ0n) is 16.6. The van der Waals surface area contributed by atoms with E-state index in [1.807, 2.05) is 0 Å². The van der Waals surface area contributed by atoms with Crippen LogP contribution in [0.15, 0.2) is 47.5 Å². The third kappa shape index (κ3) is 4.54. The Kier molecular flexibility index (Phi) is 5.61. The van der Waals surface area contributed by atoms with E-state index in [1.165, 1.54) is 6.07 Å². The molecule has 0 atom stereocenters. The Morgan fingerprint density at radius 2 is 1.97 bits per heavy atom. The molecular formula is C20H23FN6O2S. The van der Waals surface area contributed by atoms with Crippen LogP contribution in [0.2, 0.25) is 0 Å². The van der Waals surface area contributed by atoms with E-state index in [0.717, 1.165) is 42.4 Å². The number of anilines is 1. The van der Waals surface area contributed by atoms with E-state index in [1.54, 1.807) is 30.9 Å². The molecule has 2 N–H and O–H groups in total. The fraction of sp³-hybridized carbons (Fsp3) is 0.400. The molecule has 0 saturated heterocycles. The third-order valence-corrected chi connectivity index (χ3v) is 6.17. The molecule has 2 aromatic heterocycles. The highest BCUT2D eigenvalue weighted by Crippen LogP contribution is 2.43. The zero-order chi connectivity index (χ0) is 21.2. The molecule has 0 spiro atoms. The number of aromatic nitrogens is 3. The first-order valence-corrected chi connectivity index (χ1v) is 11.6. The van der Waals surface area contributed by atoms with Crippen molar-refractivity contribution in [1.29, 1.82) is 0 Å². The molecule has 1 saturated carbocycles. The summed E-state index contributed by atoms with van der Waals surface area (Å²) < 4.78 is 39.1. The third-order valence-electron chi connectivity index (χ3n) is 5.50. The summed E-state index contributed by atoms with van der Waals surface area (Å²) >= 11 is 0. The van der Waals surface area contributed by atoms with E-state index in [2.05, 4.69) is 30.0 Å². The molecular weight excluding hydrogens is 407 g/mol. The Bertz CT molecular complexity index is 1090. The molecule has 0 radical (unpaired) electrons. The van der Waals surface area contributed by atoms with Gasteiger partial charge in [-0.1, -0.05) is 6.42 Å². The number of nitrogens with zero attached hydrogens (tertiary/aromatic N) is 4. The van der Waals surface area contributed by atoms with Crippen LogP contribution in [0.1, 0.15) is 36.9 Å². The first-order valence-electron chi connectivity index (χ1n) is 9.71. The lowest BCUT2D eigenvalue weighted by Crippen LogP contribution is -2.42. The van der Waals surface area contributed by atoms with E-state index < -0.39 is 10.0 Å². The van der Waals surface area contributed by atoms with Crippen LogP contribution in [-0.2, 0) is 15.4 Å². The number of rotatable bonds is 8. The minimum Gasteiger partial charge on any atom is -0.353 e. The van der Waals surface area contributed by atoms with Crippen molar-refractivity contribution in [3.05, 3.63) is 59.6 Å². The number of pyridine rings is 1. The quantitative estimate of drug-likeness (QED) is 0.664. The number of sulfonamides is 1. The standard InChI is InChI=1S/C20H23FN6O2S/c1-30(28,29)27-10-14-8-17(23-9-14)15-11-24-19(25-12-15)26-13-20(5-3-6-20)18-16(21)4-2-7-22-18/h2,4,7,9,11-12,27H,3,5-6,8,10,13H2,1H3,(H,24,25,26). The molecule has 4 rings (SSSR count). The maximum absolute atomic E-state index is 14.2. The Labute approximate surface area is 174 Å². The van der Waals surface area contributed by atoms with Crippen LogP contribution in [0.25, 0.3) is 0 Å². The maximum Gasteiger partial charge on any atom is 0.222 e. The molecule has 1 aliphatic heterocycles. The van der Waals surface area contributed by atoms with Crippen molar-refractivity contribution in [1.82, 2.24) is 19.7 Å². The van der Waals surface area contributed by atoms with Crippen LogP contribution in [0.4, 0.5) is 10.3 Å². The van der Waals surface area contributed by atoms with Gasteiger partial charge in [-0.2, -0.15) is 0 Å². The Morgan fingerprint density at radius 1 is 1.20 bits per heavy atom. The Hall–Kier alpha value is -2.72. The average molecular weight is 431 g/mol. The molecule has 8 nitrogen and oxygen atoms in total. The number of halogens is 1. The number of aliphatic imine (C=N–C) groups is 1. The summed E-state index contributed by atoms with van der Waals surface area (Å²) in [6, 6.07) is 3.05. The highest BCUT2D eigenvalue weighted by molar-refractivity contribution is 7.88. The van der Waals surface area contributed by atoms with Gasteiger partial charge in [0.25, 0.3) is 0 Å². The molecule has 158 valence electrons. The maximum atomic E-state index is 14.2. The van der Waals surface area contributed by atoms with Crippen molar-refractivity contribution >= 4 is 21.7 Å². The number of nitrogens with one attached hydrogen (secondary N) is 2. The van der Waals surface area contributed by atoms with Crippen molar-refractivity contribution in [3.63, 3.8) is 0 Å². The van der Waals surface area contributed by atoms with Crippen molar-refractivity contribution in [2.75, 3.05) is 24.7 Å².